The van der Waals surface area contributed by atoms with Gasteiger partial charge in [0.2, 0.25) is 6.41 Å². The van der Waals surface area contributed by atoms with E-state index in [0.29, 0.717) is 16.0 Å². The van der Waals surface area contributed by atoms with E-state index in [-0.39, 0.29) is 12.2 Å². The number of rotatable bonds is 1. The number of phenolic OH excluding ortho intramolecular Hbond substituents is 1. The summed E-state index contributed by atoms with van der Waals surface area (Å²) in [6, 6.07) is 3.27. The van der Waals surface area contributed by atoms with Crippen LogP contribution in [0, 0.1) is 0 Å². The molecule has 1 aromatic rings. The van der Waals surface area contributed by atoms with Gasteiger partial charge in [0.05, 0.1) is 10.0 Å². The second-order valence-corrected chi connectivity index (χ2v) is 4.47. The van der Waals surface area contributed by atoms with Crippen molar-refractivity contribution in [2.24, 2.45) is 5.73 Å². The zero-order valence-electron chi connectivity index (χ0n) is 9.12. The van der Waals surface area contributed by atoms with Crippen molar-refractivity contribution in [1.82, 2.24) is 5.32 Å². The summed E-state index contributed by atoms with van der Waals surface area (Å²) in [5, 5.41) is 13.9. The predicted octanol–water partition coefficient (Wildman–Crippen LogP) is 1.88. The van der Waals surface area contributed by atoms with Gasteiger partial charge in [-0.15, -0.1) is 0 Å². The Morgan fingerprint density at radius 2 is 2.00 bits per heavy atom. The molecule has 6 heteroatoms. The molecule has 1 atom stereocenters. The van der Waals surface area contributed by atoms with Crippen molar-refractivity contribution in [3.63, 3.8) is 0 Å². The fourth-order valence-corrected chi connectivity index (χ4v) is 2.13. The zero-order valence-corrected chi connectivity index (χ0v) is 10.6. The van der Waals surface area contributed by atoms with Crippen LogP contribution in [0.5, 0.6) is 5.75 Å². The first kappa shape index (κ1) is 14.1. The van der Waals surface area contributed by atoms with Gasteiger partial charge in [0.1, 0.15) is 5.75 Å². The Balaban J connectivity index is 0.000000437. The molecule has 1 aromatic carbocycles. The molecule has 0 aromatic heterocycles. The molecule has 0 bridgehead atoms. The van der Waals surface area contributed by atoms with Crippen LogP contribution in [-0.4, -0.2) is 24.6 Å². The van der Waals surface area contributed by atoms with Crippen molar-refractivity contribution in [3.8, 4) is 5.75 Å². The number of amides is 1. The van der Waals surface area contributed by atoms with Gasteiger partial charge in [0.15, 0.2) is 0 Å². The molecular formula is C11H14Cl2N2O2. The monoisotopic (exact) mass is 276 g/mol. The predicted molar refractivity (Wildman–Crippen MR) is 68.6 cm³/mol. The minimum absolute atomic E-state index is 0.244. The topological polar surface area (TPSA) is 75.4 Å². The van der Waals surface area contributed by atoms with Crippen molar-refractivity contribution in [1.29, 1.82) is 0 Å². The van der Waals surface area contributed by atoms with E-state index in [4.69, 9.17) is 28.0 Å². The molecule has 0 aliphatic carbocycles. The maximum Gasteiger partial charge on any atom is 0.204 e. The average Bonchev–Trinajstić information content (AvgIpc) is 2.78. The van der Waals surface area contributed by atoms with E-state index >= 15 is 0 Å². The molecule has 0 spiro atoms. The van der Waals surface area contributed by atoms with Gasteiger partial charge in [-0.2, -0.15) is 0 Å². The molecule has 2 rings (SSSR count). The number of hydrogen-bond acceptors (Lipinski definition) is 3. The fraction of sp³-hybridized carbons (Fsp3) is 0.364. The van der Waals surface area contributed by atoms with Gasteiger partial charge in [-0.3, -0.25) is 4.79 Å². The number of nitrogens with two attached hydrogens (primary N) is 1. The first-order valence-electron chi connectivity index (χ1n) is 5.14. The number of carbonyl (C=O) groups is 1. The highest BCUT2D eigenvalue weighted by atomic mass is 35.5. The first-order chi connectivity index (χ1) is 8.10. The van der Waals surface area contributed by atoms with Gasteiger partial charge in [0, 0.05) is 18.5 Å². The van der Waals surface area contributed by atoms with Crippen LogP contribution in [0.3, 0.4) is 0 Å². The SMILES string of the molecule is NC=O.Oc1cc(Cl)c(Cl)cc1C1CCNC1. The number of benzene rings is 1. The normalized spacial score (nSPS) is 18.4. The van der Waals surface area contributed by atoms with Crippen LogP contribution in [0.2, 0.25) is 10.0 Å². The highest BCUT2D eigenvalue weighted by Crippen LogP contribution is 2.36. The van der Waals surface area contributed by atoms with Gasteiger partial charge < -0.3 is 16.2 Å². The van der Waals surface area contributed by atoms with E-state index in [0.717, 1.165) is 25.1 Å². The average molecular weight is 277 g/mol. The van der Waals surface area contributed by atoms with Crippen LogP contribution < -0.4 is 11.1 Å². The van der Waals surface area contributed by atoms with Crippen LogP contribution in [0.1, 0.15) is 17.9 Å². The molecule has 4 nitrogen and oxygen atoms in total. The first-order valence-corrected chi connectivity index (χ1v) is 5.89. The lowest BCUT2D eigenvalue weighted by Crippen LogP contribution is -2.08. The quantitative estimate of drug-likeness (QED) is 0.686. The molecule has 17 heavy (non-hydrogen) atoms. The lowest BCUT2D eigenvalue weighted by molar-refractivity contribution is -0.106. The molecule has 4 N–H and O–H groups in total. The maximum absolute atomic E-state index is 9.71. The highest BCUT2D eigenvalue weighted by molar-refractivity contribution is 6.42. The fourth-order valence-electron chi connectivity index (χ4n) is 1.80. The summed E-state index contributed by atoms with van der Waals surface area (Å²) in [7, 11) is 0. The van der Waals surface area contributed by atoms with Crippen LogP contribution in [0.15, 0.2) is 12.1 Å². The zero-order chi connectivity index (χ0) is 12.8. The van der Waals surface area contributed by atoms with Crippen molar-refractivity contribution in [2.45, 2.75) is 12.3 Å². The Morgan fingerprint density at radius 1 is 1.41 bits per heavy atom. The minimum atomic E-state index is 0.244. The van der Waals surface area contributed by atoms with Crippen LogP contribution >= 0.6 is 23.2 Å². The summed E-state index contributed by atoms with van der Waals surface area (Å²) < 4.78 is 0. The van der Waals surface area contributed by atoms with E-state index in [1.165, 1.54) is 6.07 Å². The number of hydrogen-bond donors (Lipinski definition) is 3. The number of primary amides is 1. The Kier molecular flexibility index (Phi) is 5.55. The van der Waals surface area contributed by atoms with Crippen molar-refractivity contribution >= 4 is 29.6 Å². The summed E-state index contributed by atoms with van der Waals surface area (Å²) in [4.78, 5) is 8.58. The lowest BCUT2D eigenvalue weighted by atomic mass is 9.97. The number of halogens is 2. The number of nitrogens with one attached hydrogen (secondary N) is 1. The molecule has 1 unspecified atom stereocenters. The van der Waals surface area contributed by atoms with Crippen LogP contribution in [-0.2, 0) is 4.79 Å². The van der Waals surface area contributed by atoms with E-state index < -0.39 is 0 Å². The minimum Gasteiger partial charge on any atom is -0.508 e. The van der Waals surface area contributed by atoms with E-state index in [9.17, 15) is 5.11 Å². The molecular weight excluding hydrogens is 263 g/mol. The summed E-state index contributed by atoms with van der Waals surface area (Å²) in [6.45, 7) is 1.88. The Morgan fingerprint density at radius 3 is 2.53 bits per heavy atom. The largest absolute Gasteiger partial charge is 0.508 e. The van der Waals surface area contributed by atoms with Crippen LogP contribution in [0.4, 0.5) is 0 Å². The van der Waals surface area contributed by atoms with Gasteiger partial charge in [0.25, 0.3) is 0 Å². The van der Waals surface area contributed by atoms with Crippen molar-refractivity contribution < 1.29 is 9.90 Å². The molecule has 94 valence electrons. The third-order valence-electron chi connectivity index (χ3n) is 2.57. The van der Waals surface area contributed by atoms with Gasteiger partial charge >= 0.3 is 0 Å². The standard InChI is InChI=1S/C10H11Cl2NO.CH3NO/c11-8-3-7(6-1-2-13-5-6)10(14)4-9(8)12;2-1-3/h3-4,6,13-14H,1-2,5H2;1H,(H2,2,3). The molecule has 1 saturated heterocycles. The second-order valence-electron chi connectivity index (χ2n) is 3.65. The summed E-state index contributed by atoms with van der Waals surface area (Å²) in [5.74, 6) is 0.595. The Labute approximate surface area is 110 Å². The van der Waals surface area contributed by atoms with E-state index in [1.54, 1.807) is 6.07 Å². The molecule has 1 heterocycles. The number of phenols is 1. The molecule has 1 aliphatic rings. The van der Waals surface area contributed by atoms with Gasteiger partial charge in [-0.25, -0.2) is 0 Å². The second kappa shape index (κ2) is 6.69. The smallest absolute Gasteiger partial charge is 0.204 e. The highest BCUT2D eigenvalue weighted by Gasteiger charge is 2.20. The Hall–Kier alpha value is -0.970. The lowest BCUT2D eigenvalue weighted by Gasteiger charge is -2.12. The molecule has 1 aliphatic heterocycles. The third kappa shape index (κ3) is 3.77. The van der Waals surface area contributed by atoms with Crippen molar-refractivity contribution in [3.05, 3.63) is 27.7 Å². The molecule has 1 amide bonds. The van der Waals surface area contributed by atoms with Gasteiger partial charge in [-0.05, 0) is 24.6 Å². The summed E-state index contributed by atoms with van der Waals surface area (Å²) in [5.41, 5.74) is 5.06. The molecule has 0 radical (unpaired) electrons. The van der Waals surface area contributed by atoms with Crippen molar-refractivity contribution in [2.75, 3.05) is 13.1 Å². The third-order valence-corrected chi connectivity index (χ3v) is 3.29. The number of carbonyl (C=O) groups excluding carboxylic acids is 1. The van der Waals surface area contributed by atoms with Gasteiger partial charge in [-0.1, -0.05) is 23.2 Å². The van der Waals surface area contributed by atoms with E-state index in [1.807, 2.05) is 0 Å². The molecule has 1 fully saturated rings. The summed E-state index contributed by atoms with van der Waals surface area (Å²) in [6.07, 6.45) is 1.28. The number of aromatic hydroxyl groups is 1. The maximum atomic E-state index is 9.71. The Bertz CT molecular complexity index is 393. The molecule has 0 saturated carbocycles. The van der Waals surface area contributed by atoms with Crippen LogP contribution in [0.25, 0.3) is 0 Å². The van der Waals surface area contributed by atoms with E-state index in [2.05, 4.69) is 11.1 Å². The summed E-state index contributed by atoms with van der Waals surface area (Å²) >= 11 is 11.7.